The molecule has 4 heteroatoms. The van der Waals surface area contributed by atoms with Crippen molar-refractivity contribution in [2.24, 2.45) is 0 Å². The van der Waals surface area contributed by atoms with E-state index in [2.05, 4.69) is 25.3 Å². The number of carbonyl (C=O) groups is 1. The van der Waals surface area contributed by atoms with E-state index in [-0.39, 0.29) is 5.91 Å². The fourth-order valence-electron chi connectivity index (χ4n) is 2.47. The molecular formula is C19H30N2O2. The lowest BCUT2D eigenvalue weighted by molar-refractivity contribution is -0.132. The third kappa shape index (κ3) is 6.87. The van der Waals surface area contributed by atoms with Crippen molar-refractivity contribution in [3.05, 3.63) is 42.0 Å². The first-order valence-corrected chi connectivity index (χ1v) is 8.27. The van der Waals surface area contributed by atoms with Gasteiger partial charge in [-0.25, -0.2) is 0 Å². The first kappa shape index (κ1) is 19.2. The predicted octanol–water partition coefficient (Wildman–Crippen LogP) is 3.33. The van der Waals surface area contributed by atoms with Crippen LogP contribution < -0.4 is 4.74 Å². The molecule has 4 nitrogen and oxygen atoms in total. The highest BCUT2D eigenvalue weighted by Gasteiger charge is 2.17. The monoisotopic (exact) mass is 318 g/mol. The van der Waals surface area contributed by atoms with E-state index in [1.54, 1.807) is 7.11 Å². The number of likely N-dealkylation sites (N-methyl/N-ethyl adjacent to an activating group) is 1. The van der Waals surface area contributed by atoms with Gasteiger partial charge in [0.15, 0.2) is 0 Å². The standard InChI is InChI=1S/C19H30N2O2/c1-6-12-20(7-2)15-19(22)21(13-16(3)4)14-17-8-10-18(23-5)11-9-17/h8-11H,3,6-7,12-15H2,1-2,4-5H3. The Kier molecular flexibility index (Phi) is 8.41. The number of benzene rings is 1. The lowest BCUT2D eigenvalue weighted by atomic mass is 10.2. The van der Waals surface area contributed by atoms with Crippen LogP contribution in [0.5, 0.6) is 5.75 Å². The molecule has 0 aliphatic rings. The molecule has 0 N–H and O–H groups in total. The van der Waals surface area contributed by atoms with Crippen molar-refractivity contribution in [3.8, 4) is 5.75 Å². The van der Waals surface area contributed by atoms with Crippen LogP contribution >= 0.6 is 0 Å². The second kappa shape index (κ2) is 10.1. The van der Waals surface area contributed by atoms with Crippen LogP contribution in [0.25, 0.3) is 0 Å². The van der Waals surface area contributed by atoms with Crippen LogP contribution in [0.2, 0.25) is 0 Å². The Hall–Kier alpha value is -1.81. The third-order valence-electron chi connectivity index (χ3n) is 3.69. The molecule has 23 heavy (non-hydrogen) atoms. The first-order chi connectivity index (χ1) is 11.0. The van der Waals surface area contributed by atoms with Crippen molar-refractivity contribution in [2.75, 3.05) is 33.3 Å². The lowest BCUT2D eigenvalue weighted by Gasteiger charge is -2.27. The van der Waals surface area contributed by atoms with Gasteiger partial charge in [0.2, 0.25) is 5.91 Å². The highest BCUT2D eigenvalue weighted by molar-refractivity contribution is 5.78. The van der Waals surface area contributed by atoms with E-state index in [0.717, 1.165) is 36.4 Å². The molecule has 128 valence electrons. The Labute approximate surface area is 140 Å². The normalized spacial score (nSPS) is 10.7. The summed E-state index contributed by atoms with van der Waals surface area (Å²) < 4.78 is 5.18. The van der Waals surface area contributed by atoms with Gasteiger partial charge in [-0.05, 0) is 44.1 Å². The van der Waals surface area contributed by atoms with Crippen molar-refractivity contribution in [1.29, 1.82) is 0 Å². The van der Waals surface area contributed by atoms with E-state index in [9.17, 15) is 4.79 Å². The maximum Gasteiger partial charge on any atom is 0.237 e. The third-order valence-corrected chi connectivity index (χ3v) is 3.69. The van der Waals surface area contributed by atoms with Crippen molar-refractivity contribution >= 4 is 5.91 Å². The van der Waals surface area contributed by atoms with E-state index in [1.165, 1.54) is 0 Å². The molecule has 0 atom stereocenters. The highest BCUT2D eigenvalue weighted by Crippen LogP contribution is 2.14. The molecule has 0 aliphatic heterocycles. The number of ether oxygens (including phenoxy) is 1. The largest absolute Gasteiger partial charge is 0.497 e. The lowest BCUT2D eigenvalue weighted by Crippen LogP contribution is -2.41. The maximum atomic E-state index is 12.7. The summed E-state index contributed by atoms with van der Waals surface area (Å²) in [5, 5.41) is 0. The van der Waals surface area contributed by atoms with Gasteiger partial charge in [-0.2, -0.15) is 0 Å². The van der Waals surface area contributed by atoms with Gasteiger partial charge in [-0.15, -0.1) is 0 Å². The van der Waals surface area contributed by atoms with Gasteiger partial charge in [0.25, 0.3) is 0 Å². The van der Waals surface area contributed by atoms with E-state index in [1.807, 2.05) is 36.1 Å². The summed E-state index contributed by atoms with van der Waals surface area (Å²) in [7, 11) is 1.65. The summed E-state index contributed by atoms with van der Waals surface area (Å²) in [5.41, 5.74) is 2.09. The quantitative estimate of drug-likeness (QED) is 0.620. The molecule has 0 spiro atoms. The molecule has 0 radical (unpaired) electrons. The van der Waals surface area contributed by atoms with Crippen LogP contribution in [0.3, 0.4) is 0 Å². The zero-order chi connectivity index (χ0) is 17.2. The van der Waals surface area contributed by atoms with Crippen molar-refractivity contribution in [3.63, 3.8) is 0 Å². The van der Waals surface area contributed by atoms with Crippen LogP contribution in [-0.4, -0.2) is 49.0 Å². The van der Waals surface area contributed by atoms with Gasteiger partial charge < -0.3 is 9.64 Å². The number of hydrogen-bond acceptors (Lipinski definition) is 3. The fraction of sp³-hybridized carbons (Fsp3) is 0.526. The number of carbonyl (C=O) groups excluding carboxylic acids is 1. The number of amides is 1. The van der Waals surface area contributed by atoms with Crippen molar-refractivity contribution in [2.45, 2.75) is 33.7 Å². The summed E-state index contributed by atoms with van der Waals surface area (Å²) in [6.45, 7) is 13.6. The van der Waals surface area contributed by atoms with Crippen LogP contribution in [0.1, 0.15) is 32.8 Å². The number of nitrogens with zero attached hydrogens (tertiary/aromatic N) is 2. The average molecular weight is 318 g/mol. The van der Waals surface area contributed by atoms with Crippen LogP contribution in [0.4, 0.5) is 0 Å². The summed E-state index contributed by atoms with van der Waals surface area (Å²) >= 11 is 0. The Morgan fingerprint density at radius 2 is 1.83 bits per heavy atom. The van der Waals surface area contributed by atoms with Crippen LogP contribution in [0.15, 0.2) is 36.4 Å². The first-order valence-electron chi connectivity index (χ1n) is 8.27. The van der Waals surface area contributed by atoms with Gasteiger partial charge >= 0.3 is 0 Å². The van der Waals surface area contributed by atoms with Crippen LogP contribution in [0, 0.1) is 0 Å². The second-order valence-electron chi connectivity index (χ2n) is 5.92. The Bertz CT molecular complexity index is 497. The molecule has 0 aliphatic carbocycles. The van der Waals surface area contributed by atoms with Crippen LogP contribution in [-0.2, 0) is 11.3 Å². The SMILES string of the molecule is C=C(C)CN(Cc1ccc(OC)cc1)C(=O)CN(CC)CCC. The van der Waals surface area contributed by atoms with Crippen molar-refractivity contribution < 1.29 is 9.53 Å². The molecular weight excluding hydrogens is 288 g/mol. The van der Waals surface area contributed by atoms with Crippen molar-refractivity contribution in [1.82, 2.24) is 9.80 Å². The molecule has 0 aromatic heterocycles. The zero-order valence-corrected chi connectivity index (χ0v) is 15.0. The number of hydrogen-bond donors (Lipinski definition) is 0. The molecule has 1 amide bonds. The molecule has 0 fully saturated rings. The van der Waals surface area contributed by atoms with E-state index in [0.29, 0.717) is 19.6 Å². The number of rotatable bonds is 10. The Balaban J connectivity index is 2.77. The van der Waals surface area contributed by atoms with Gasteiger partial charge in [0, 0.05) is 13.1 Å². The molecule has 0 saturated carbocycles. The van der Waals surface area contributed by atoms with E-state index < -0.39 is 0 Å². The van der Waals surface area contributed by atoms with Gasteiger partial charge in [0.05, 0.1) is 13.7 Å². The summed E-state index contributed by atoms with van der Waals surface area (Å²) in [6, 6.07) is 7.85. The molecule has 0 bridgehead atoms. The molecule has 1 rings (SSSR count). The summed E-state index contributed by atoms with van der Waals surface area (Å²) in [5.74, 6) is 0.978. The zero-order valence-electron chi connectivity index (χ0n) is 15.0. The predicted molar refractivity (Wildman–Crippen MR) is 95.6 cm³/mol. The topological polar surface area (TPSA) is 32.8 Å². The maximum absolute atomic E-state index is 12.7. The second-order valence-corrected chi connectivity index (χ2v) is 5.92. The molecule has 0 heterocycles. The minimum Gasteiger partial charge on any atom is -0.497 e. The van der Waals surface area contributed by atoms with Gasteiger partial charge in [-0.1, -0.05) is 38.1 Å². The molecule has 0 unspecified atom stereocenters. The molecule has 1 aromatic rings. The smallest absolute Gasteiger partial charge is 0.237 e. The molecule has 1 aromatic carbocycles. The highest BCUT2D eigenvalue weighted by atomic mass is 16.5. The number of methoxy groups -OCH3 is 1. The Morgan fingerprint density at radius 1 is 1.17 bits per heavy atom. The minimum absolute atomic E-state index is 0.152. The average Bonchev–Trinajstić information content (AvgIpc) is 2.54. The summed E-state index contributed by atoms with van der Waals surface area (Å²) in [6.07, 6.45) is 1.06. The summed E-state index contributed by atoms with van der Waals surface area (Å²) in [4.78, 5) is 16.7. The molecule has 0 saturated heterocycles. The van der Waals surface area contributed by atoms with E-state index >= 15 is 0 Å². The Morgan fingerprint density at radius 3 is 2.30 bits per heavy atom. The van der Waals surface area contributed by atoms with E-state index in [4.69, 9.17) is 4.74 Å². The minimum atomic E-state index is 0.152. The fourth-order valence-corrected chi connectivity index (χ4v) is 2.47. The van der Waals surface area contributed by atoms with Gasteiger partial charge in [0.1, 0.15) is 5.75 Å². The van der Waals surface area contributed by atoms with Gasteiger partial charge in [-0.3, -0.25) is 9.69 Å².